The zero-order valence-corrected chi connectivity index (χ0v) is 11.1. The van der Waals surface area contributed by atoms with E-state index in [4.69, 9.17) is 42.1 Å². The van der Waals surface area contributed by atoms with E-state index in [1.54, 1.807) is 0 Å². The molecule has 2 saturated heterocycles. The number of halogens is 2. The van der Waals surface area contributed by atoms with Crippen LogP contribution in [-0.2, 0) is 18.9 Å². The molecule has 106 valence electrons. The van der Waals surface area contributed by atoms with Crippen molar-refractivity contribution >= 4 is 23.2 Å². The van der Waals surface area contributed by atoms with Crippen LogP contribution in [0.2, 0.25) is 0 Å². The lowest BCUT2D eigenvalue weighted by atomic mass is 10.0. The van der Waals surface area contributed by atoms with E-state index in [1.165, 1.54) is 0 Å². The minimum Gasteiger partial charge on any atom is -0.388 e. The molecule has 0 aliphatic carbocycles. The number of rotatable bonds is 3. The number of aliphatic hydroxyl groups excluding tert-OH is 2. The lowest BCUT2D eigenvalue weighted by Gasteiger charge is -2.42. The smallest absolute Gasteiger partial charge is 0.171 e. The third kappa shape index (κ3) is 3.26. The summed E-state index contributed by atoms with van der Waals surface area (Å²) >= 11 is 11.3. The Morgan fingerprint density at radius 2 is 1.22 bits per heavy atom. The molecule has 0 bridgehead atoms. The van der Waals surface area contributed by atoms with E-state index in [0.29, 0.717) is 0 Å². The molecule has 2 fully saturated rings. The van der Waals surface area contributed by atoms with E-state index in [2.05, 4.69) is 0 Å². The monoisotopic (exact) mass is 302 g/mol. The summed E-state index contributed by atoms with van der Waals surface area (Å²) in [5.41, 5.74) is 0. The van der Waals surface area contributed by atoms with Gasteiger partial charge in [0, 0.05) is 0 Å². The minimum absolute atomic E-state index is 0.0844. The molecular formula is C10H16Cl2O6. The Hall–Kier alpha value is 0.340. The van der Waals surface area contributed by atoms with Gasteiger partial charge in [0.1, 0.15) is 24.4 Å². The van der Waals surface area contributed by atoms with Crippen molar-refractivity contribution in [1.29, 1.82) is 0 Å². The van der Waals surface area contributed by atoms with Crippen LogP contribution in [0.4, 0.5) is 0 Å². The maximum absolute atomic E-state index is 9.85. The topological polar surface area (TPSA) is 77.4 Å². The second kappa shape index (κ2) is 6.67. The highest BCUT2D eigenvalue weighted by Gasteiger charge is 2.43. The van der Waals surface area contributed by atoms with Crippen molar-refractivity contribution in [3.05, 3.63) is 0 Å². The molecule has 0 saturated carbocycles. The van der Waals surface area contributed by atoms with Crippen molar-refractivity contribution in [3.63, 3.8) is 0 Å². The van der Waals surface area contributed by atoms with Crippen LogP contribution in [-0.4, -0.2) is 72.2 Å². The molecule has 2 N–H and O–H groups in total. The van der Waals surface area contributed by atoms with Gasteiger partial charge in [0.2, 0.25) is 0 Å². The first-order chi connectivity index (χ1) is 8.65. The largest absolute Gasteiger partial charge is 0.388 e. The van der Waals surface area contributed by atoms with Crippen molar-refractivity contribution in [2.24, 2.45) is 0 Å². The maximum Gasteiger partial charge on any atom is 0.171 e. The molecule has 2 aliphatic rings. The fourth-order valence-corrected chi connectivity index (χ4v) is 2.29. The third-order valence-electron chi connectivity index (χ3n) is 2.86. The minimum atomic E-state index is -0.891. The summed E-state index contributed by atoms with van der Waals surface area (Å²) in [7, 11) is 0. The molecule has 2 rings (SSSR count). The van der Waals surface area contributed by atoms with E-state index < -0.39 is 37.0 Å². The van der Waals surface area contributed by atoms with Crippen LogP contribution in [0.25, 0.3) is 0 Å². The number of hydrogen-bond acceptors (Lipinski definition) is 6. The van der Waals surface area contributed by atoms with Crippen molar-refractivity contribution in [3.8, 4) is 0 Å². The number of hydrogen-bond donors (Lipinski definition) is 2. The highest BCUT2D eigenvalue weighted by Crippen LogP contribution is 2.25. The first-order valence-electron chi connectivity index (χ1n) is 5.68. The van der Waals surface area contributed by atoms with Crippen molar-refractivity contribution in [1.82, 2.24) is 0 Å². The molecule has 0 spiro atoms. The Balaban J connectivity index is 2.02. The van der Waals surface area contributed by atoms with Crippen molar-refractivity contribution in [2.45, 2.75) is 37.0 Å². The molecule has 2 heterocycles. The summed E-state index contributed by atoms with van der Waals surface area (Å²) in [6.45, 7) is 0.169. The second-order valence-corrected chi connectivity index (χ2v) is 4.79. The van der Waals surface area contributed by atoms with E-state index in [9.17, 15) is 10.2 Å². The van der Waals surface area contributed by atoms with Crippen molar-refractivity contribution < 1.29 is 29.2 Å². The van der Waals surface area contributed by atoms with E-state index in [0.717, 1.165) is 0 Å². The zero-order chi connectivity index (χ0) is 13.1. The second-order valence-electron chi connectivity index (χ2n) is 4.17. The van der Waals surface area contributed by atoms with Crippen LogP contribution in [0.15, 0.2) is 0 Å². The third-order valence-corrected chi connectivity index (χ3v) is 3.36. The van der Waals surface area contributed by atoms with Gasteiger partial charge in [-0.05, 0) is 0 Å². The first-order valence-corrected chi connectivity index (χ1v) is 6.74. The molecule has 8 heteroatoms. The lowest BCUT2D eigenvalue weighted by molar-refractivity contribution is -0.319. The van der Waals surface area contributed by atoms with Gasteiger partial charge in [-0.15, -0.1) is 23.2 Å². The van der Waals surface area contributed by atoms with Crippen LogP contribution in [0.5, 0.6) is 0 Å². The molecule has 6 nitrogen and oxygen atoms in total. The summed E-state index contributed by atoms with van der Waals surface area (Å²) in [5, 5.41) is 19.7. The summed E-state index contributed by atoms with van der Waals surface area (Å²) < 4.78 is 21.2. The Morgan fingerprint density at radius 1 is 0.833 bits per heavy atom. The molecular weight excluding hydrogens is 287 g/mol. The lowest BCUT2D eigenvalue weighted by Crippen LogP contribution is -2.58. The highest BCUT2D eigenvalue weighted by molar-refractivity contribution is 6.18. The highest BCUT2D eigenvalue weighted by atomic mass is 35.5. The van der Waals surface area contributed by atoms with Gasteiger partial charge in [-0.25, -0.2) is 0 Å². The number of aliphatic hydroxyl groups is 2. The standard InChI is InChI=1S/C10H16Cl2O6/c11-1-7-15-3-5(13)9(17-7)10-6(14)4-16-8(2-12)18-10/h5-10,13-14H,1-4H2/t5-,6-,7-,8+,9+,10+/m1/s1. The van der Waals surface area contributed by atoms with Gasteiger partial charge in [0.15, 0.2) is 12.6 Å². The van der Waals surface area contributed by atoms with Gasteiger partial charge < -0.3 is 29.2 Å². The van der Waals surface area contributed by atoms with Gasteiger partial charge in [-0.3, -0.25) is 0 Å². The maximum atomic E-state index is 9.85. The quantitative estimate of drug-likeness (QED) is 0.695. The molecule has 0 amide bonds. The summed E-state index contributed by atoms with van der Waals surface area (Å²) in [6, 6.07) is 0. The molecule has 18 heavy (non-hydrogen) atoms. The van der Waals surface area contributed by atoms with Crippen LogP contribution in [0.1, 0.15) is 0 Å². The number of alkyl halides is 2. The van der Waals surface area contributed by atoms with Gasteiger partial charge in [0.25, 0.3) is 0 Å². The van der Waals surface area contributed by atoms with E-state index in [1.807, 2.05) is 0 Å². The SMILES string of the molecule is O[C@@H]1CO[C@@H](CCl)O[C@@H]1[C@H]1O[C@@H](CCl)OC[C@H]1O. The molecule has 0 unspecified atom stereocenters. The molecule has 6 atom stereocenters. The Morgan fingerprint density at radius 3 is 1.56 bits per heavy atom. The van der Waals surface area contributed by atoms with Crippen LogP contribution in [0, 0.1) is 0 Å². The van der Waals surface area contributed by atoms with Gasteiger partial charge in [0.05, 0.1) is 25.0 Å². The predicted octanol–water partition coefficient (Wildman–Crippen LogP) is -0.331. The normalized spacial score (nSPS) is 46.0. The summed E-state index contributed by atoms with van der Waals surface area (Å²) in [5.74, 6) is 0.281. The average Bonchev–Trinajstić information content (AvgIpc) is 2.40. The Bertz CT molecular complexity index is 243. The van der Waals surface area contributed by atoms with Gasteiger partial charge in [-0.2, -0.15) is 0 Å². The number of ether oxygens (including phenoxy) is 4. The zero-order valence-electron chi connectivity index (χ0n) is 9.58. The van der Waals surface area contributed by atoms with E-state index >= 15 is 0 Å². The summed E-state index contributed by atoms with van der Waals surface area (Å²) in [6.07, 6.45) is -4.45. The Labute approximate surface area is 115 Å². The Kier molecular flexibility index (Phi) is 5.47. The van der Waals surface area contributed by atoms with Gasteiger partial charge >= 0.3 is 0 Å². The van der Waals surface area contributed by atoms with Crippen LogP contribution >= 0.6 is 23.2 Å². The van der Waals surface area contributed by atoms with Crippen molar-refractivity contribution in [2.75, 3.05) is 25.0 Å². The molecule has 2 aliphatic heterocycles. The van der Waals surface area contributed by atoms with Crippen LogP contribution in [0.3, 0.4) is 0 Å². The molecule has 0 aromatic heterocycles. The molecule has 0 aromatic carbocycles. The molecule has 0 radical (unpaired) electrons. The fourth-order valence-electron chi connectivity index (χ4n) is 1.97. The fraction of sp³-hybridized carbons (Fsp3) is 1.00. The average molecular weight is 303 g/mol. The predicted molar refractivity (Wildman–Crippen MR) is 62.7 cm³/mol. The van der Waals surface area contributed by atoms with Gasteiger partial charge in [-0.1, -0.05) is 0 Å². The summed E-state index contributed by atoms with van der Waals surface area (Å²) in [4.78, 5) is 0. The first kappa shape index (κ1) is 14.7. The molecule has 0 aromatic rings. The van der Waals surface area contributed by atoms with E-state index in [-0.39, 0.29) is 25.0 Å². The van der Waals surface area contributed by atoms with Crippen LogP contribution < -0.4 is 0 Å².